The number of hydrogen-bond donors (Lipinski definition) is 1. The lowest BCUT2D eigenvalue weighted by Gasteiger charge is -2.03. The average Bonchev–Trinajstić information content (AvgIpc) is 2.33. The highest BCUT2D eigenvalue weighted by Gasteiger charge is 2.07. The van der Waals surface area contributed by atoms with Gasteiger partial charge in [-0.25, -0.2) is 9.97 Å². The minimum atomic E-state index is 0.217. The maximum absolute atomic E-state index is 6.03. The number of rotatable bonds is 2. The summed E-state index contributed by atoms with van der Waals surface area (Å²) >= 11 is 11.9. The fraction of sp³-hybridized carbons (Fsp3) is 0.167. The van der Waals surface area contributed by atoms with Gasteiger partial charge in [0.05, 0.1) is 21.4 Å². The zero-order chi connectivity index (χ0) is 14.0. The van der Waals surface area contributed by atoms with Gasteiger partial charge in [0.2, 0.25) is 5.95 Å². The molecule has 0 aliphatic rings. The molecule has 0 spiro atoms. The summed E-state index contributed by atoms with van der Waals surface area (Å²) in [5.41, 5.74) is 7.93. The highest BCUT2D eigenvalue weighted by Crippen LogP contribution is 2.33. The Morgan fingerprint density at radius 1 is 1.05 bits per heavy atom. The second-order valence-corrected chi connectivity index (χ2v) is 4.66. The molecule has 0 radical (unpaired) electrons. The highest BCUT2D eigenvalue weighted by atomic mass is 35.5. The smallest absolute Gasteiger partial charge is 0.220 e. The zero-order valence-electron chi connectivity index (χ0n) is 10.4. The van der Waals surface area contributed by atoms with Crippen LogP contribution in [0.1, 0.15) is 11.4 Å². The molecule has 0 bridgehead atoms. The molecular weight excluding hydrogens is 285 g/mol. The van der Waals surface area contributed by atoms with E-state index in [9.17, 15) is 0 Å². The predicted molar refractivity (Wildman–Crippen MR) is 76.6 cm³/mol. The summed E-state index contributed by atoms with van der Waals surface area (Å²) < 4.78 is 0. The summed E-state index contributed by atoms with van der Waals surface area (Å²) in [4.78, 5) is 8.08. The van der Waals surface area contributed by atoms with Gasteiger partial charge in [-0.2, -0.15) is 0 Å². The van der Waals surface area contributed by atoms with E-state index < -0.39 is 0 Å². The van der Waals surface area contributed by atoms with Crippen molar-refractivity contribution >= 4 is 40.5 Å². The molecule has 0 fully saturated rings. The number of anilines is 1. The van der Waals surface area contributed by atoms with Gasteiger partial charge < -0.3 is 5.73 Å². The van der Waals surface area contributed by atoms with Crippen molar-refractivity contribution < 1.29 is 0 Å². The number of halogens is 2. The molecule has 1 heterocycles. The van der Waals surface area contributed by atoms with Crippen LogP contribution in [-0.2, 0) is 0 Å². The number of nitrogens with two attached hydrogens (primary N) is 1. The molecule has 5 nitrogen and oxygen atoms in total. The molecule has 2 rings (SSSR count). The molecule has 0 atom stereocenters. The topological polar surface area (TPSA) is 76.5 Å². The van der Waals surface area contributed by atoms with Crippen LogP contribution in [0.15, 0.2) is 28.4 Å². The number of nitrogens with zero attached hydrogens (tertiary/aromatic N) is 4. The molecule has 0 saturated heterocycles. The predicted octanol–water partition coefficient (Wildman–Crippen LogP) is 4.40. The Labute approximate surface area is 120 Å². The Hall–Kier alpha value is -1.72. The molecule has 2 N–H and O–H groups in total. The number of nitrogen functional groups attached to an aromatic ring is 1. The SMILES string of the molecule is Cc1nc(N)nc(C)c1N=Nc1cccc(Cl)c1Cl. The van der Waals surface area contributed by atoms with Crippen molar-refractivity contribution in [3.63, 3.8) is 0 Å². The second kappa shape index (κ2) is 5.50. The van der Waals surface area contributed by atoms with Crippen LogP contribution in [0.2, 0.25) is 10.0 Å². The van der Waals surface area contributed by atoms with Gasteiger partial charge in [-0.1, -0.05) is 29.3 Å². The highest BCUT2D eigenvalue weighted by molar-refractivity contribution is 6.43. The molecule has 0 aliphatic heterocycles. The van der Waals surface area contributed by atoms with Crippen LogP contribution in [0.4, 0.5) is 17.3 Å². The zero-order valence-corrected chi connectivity index (χ0v) is 11.9. The average molecular weight is 296 g/mol. The third kappa shape index (κ3) is 3.00. The first kappa shape index (κ1) is 13.7. The maximum atomic E-state index is 6.03. The van der Waals surface area contributed by atoms with Gasteiger partial charge >= 0.3 is 0 Å². The van der Waals surface area contributed by atoms with Crippen molar-refractivity contribution in [2.24, 2.45) is 10.2 Å². The molecule has 7 heteroatoms. The molecule has 0 amide bonds. The van der Waals surface area contributed by atoms with Crippen LogP contribution >= 0.6 is 23.2 Å². The first-order chi connectivity index (χ1) is 8.99. The summed E-state index contributed by atoms with van der Waals surface area (Å²) in [5.74, 6) is 0.217. The molecule has 0 aliphatic carbocycles. The van der Waals surface area contributed by atoms with Crippen molar-refractivity contribution in [3.8, 4) is 0 Å². The monoisotopic (exact) mass is 295 g/mol. The van der Waals surface area contributed by atoms with E-state index in [2.05, 4.69) is 20.2 Å². The Balaban J connectivity index is 2.41. The van der Waals surface area contributed by atoms with Crippen molar-refractivity contribution in [3.05, 3.63) is 39.6 Å². The number of aryl methyl sites for hydroxylation is 2. The lowest BCUT2D eigenvalue weighted by molar-refractivity contribution is 1.04. The molecule has 2 aromatic rings. The van der Waals surface area contributed by atoms with Crippen LogP contribution < -0.4 is 5.73 Å². The molecule has 98 valence electrons. The Bertz CT molecular complexity index is 632. The molecular formula is C12H11Cl2N5. The third-order valence-corrected chi connectivity index (χ3v) is 3.25. The van der Waals surface area contributed by atoms with Gasteiger partial charge in [0.1, 0.15) is 11.4 Å². The molecule has 1 aromatic heterocycles. The van der Waals surface area contributed by atoms with E-state index >= 15 is 0 Å². The summed E-state index contributed by atoms with van der Waals surface area (Å²) in [7, 11) is 0. The van der Waals surface area contributed by atoms with E-state index in [1.54, 1.807) is 32.0 Å². The summed E-state index contributed by atoms with van der Waals surface area (Å²) in [6.07, 6.45) is 0. The van der Waals surface area contributed by atoms with Gasteiger partial charge in [-0.3, -0.25) is 0 Å². The molecule has 0 unspecified atom stereocenters. The molecule has 0 saturated carbocycles. The van der Waals surface area contributed by atoms with Gasteiger partial charge in [0.25, 0.3) is 0 Å². The standard InChI is InChI=1S/C12H11Cl2N5/c1-6-11(7(2)17-12(15)16-6)19-18-9-5-3-4-8(13)10(9)14/h3-5H,1-2H3,(H2,15,16,17). The quantitative estimate of drug-likeness (QED) is 0.834. The minimum Gasteiger partial charge on any atom is -0.368 e. The minimum absolute atomic E-state index is 0.217. The van der Waals surface area contributed by atoms with Crippen molar-refractivity contribution in [2.45, 2.75) is 13.8 Å². The van der Waals surface area contributed by atoms with Gasteiger partial charge in [0, 0.05) is 0 Å². The third-order valence-electron chi connectivity index (χ3n) is 2.44. The van der Waals surface area contributed by atoms with Crippen molar-refractivity contribution in [1.82, 2.24) is 9.97 Å². The first-order valence-corrected chi connectivity index (χ1v) is 6.21. The Morgan fingerprint density at radius 3 is 2.32 bits per heavy atom. The summed E-state index contributed by atoms with van der Waals surface area (Å²) in [5, 5.41) is 8.99. The van der Waals surface area contributed by atoms with E-state index in [0.717, 1.165) is 0 Å². The summed E-state index contributed by atoms with van der Waals surface area (Å²) in [6, 6.07) is 5.16. The van der Waals surface area contributed by atoms with Crippen LogP contribution in [0, 0.1) is 13.8 Å². The van der Waals surface area contributed by atoms with Gasteiger partial charge in [0.15, 0.2) is 0 Å². The first-order valence-electron chi connectivity index (χ1n) is 5.45. The van der Waals surface area contributed by atoms with Crippen LogP contribution in [0.25, 0.3) is 0 Å². The van der Waals surface area contributed by atoms with Gasteiger partial charge in [-0.05, 0) is 26.0 Å². The fourth-order valence-corrected chi connectivity index (χ4v) is 1.89. The number of benzene rings is 1. The van der Waals surface area contributed by atoms with E-state index in [-0.39, 0.29) is 5.95 Å². The number of hydrogen-bond acceptors (Lipinski definition) is 5. The lowest BCUT2D eigenvalue weighted by Crippen LogP contribution is -1.98. The van der Waals surface area contributed by atoms with Crippen molar-refractivity contribution in [1.29, 1.82) is 0 Å². The van der Waals surface area contributed by atoms with E-state index in [1.165, 1.54) is 0 Å². The summed E-state index contributed by atoms with van der Waals surface area (Å²) in [6.45, 7) is 3.58. The second-order valence-electron chi connectivity index (χ2n) is 3.87. The fourth-order valence-electron chi connectivity index (χ4n) is 1.55. The maximum Gasteiger partial charge on any atom is 0.220 e. The van der Waals surface area contributed by atoms with Gasteiger partial charge in [-0.15, -0.1) is 10.2 Å². The van der Waals surface area contributed by atoms with E-state index in [1.807, 2.05) is 0 Å². The van der Waals surface area contributed by atoms with E-state index in [0.29, 0.717) is 32.8 Å². The number of aromatic nitrogens is 2. The molecule has 19 heavy (non-hydrogen) atoms. The molecule has 1 aromatic carbocycles. The van der Waals surface area contributed by atoms with Crippen LogP contribution in [0.5, 0.6) is 0 Å². The van der Waals surface area contributed by atoms with Crippen LogP contribution in [0.3, 0.4) is 0 Å². The Morgan fingerprint density at radius 2 is 1.68 bits per heavy atom. The van der Waals surface area contributed by atoms with E-state index in [4.69, 9.17) is 28.9 Å². The number of azo groups is 1. The van der Waals surface area contributed by atoms with Crippen molar-refractivity contribution in [2.75, 3.05) is 5.73 Å². The Kier molecular flexibility index (Phi) is 3.97. The van der Waals surface area contributed by atoms with Crippen LogP contribution in [-0.4, -0.2) is 9.97 Å². The largest absolute Gasteiger partial charge is 0.368 e. The lowest BCUT2D eigenvalue weighted by atomic mass is 10.3. The normalized spacial score (nSPS) is 11.2.